The lowest BCUT2D eigenvalue weighted by atomic mass is 9.88. The lowest BCUT2D eigenvalue weighted by Crippen LogP contribution is -2.13. The molecule has 1 aliphatic carbocycles. The van der Waals surface area contributed by atoms with E-state index in [1.807, 2.05) is 26.0 Å². The van der Waals surface area contributed by atoms with Crippen LogP contribution in [0.4, 0.5) is 0 Å². The van der Waals surface area contributed by atoms with Gasteiger partial charge < -0.3 is 13.9 Å². The molecule has 0 aliphatic heterocycles. The van der Waals surface area contributed by atoms with Crippen molar-refractivity contribution in [3.63, 3.8) is 0 Å². The predicted molar refractivity (Wildman–Crippen MR) is 83.6 cm³/mol. The second kappa shape index (κ2) is 4.29. The summed E-state index contributed by atoms with van der Waals surface area (Å²) in [6.07, 6.45) is 1.78. The highest BCUT2D eigenvalue weighted by Gasteiger charge is 2.49. The van der Waals surface area contributed by atoms with E-state index in [2.05, 4.69) is 0 Å². The van der Waals surface area contributed by atoms with Gasteiger partial charge in [-0.3, -0.25) is 4.79 Å². The molecule has 1 aliphatic rings. The van der Waals surface area contributed by atoms with Crippen molar-refractivity contribution >= 4 is 39.5 Å². The first-order chi connectivity index (χ1) is 10.4. The highest BCUT2D eigenvalue weighted by Crippen LogP contribution is 2.56. The normalized spacial score (nSPS) is 16.5. The molecule has 0 bridgehead atoms. The molecule has 1 N–H and O–H groups in total. The van der Waals surface area contributed by atoms with Gasteiger partial charge >= 0.3 is 5.97 Å². The number of carboxylic acid groups (broad SMARTS) is 1. The van der Waals surface area contributed by atoms with Crippen molar-refractivity contribution in [3.8, 4) is 0 Å². The standard InChI is InChI=1S/C17H15ClO4/c1-8-5-10-13(17(3-4-17)7-12(19)20)15-11(6-9(2)21-15)14(18)16(10)22-8/h5-6H,3-4,7H2,1-2H3,(H,19,20). The molecule has 0 spiro atoms. The number of rotatable bonds is 3. The van der Waals surface area contributed by atoms with E-state index in [9.17, 15) is 9.90 Å². The number of carbonyl (C=O) groups is 1. The number of carboxylic acids is 1. The molecule has 0 amide bonds. The number of fused-ring (bicyclic) bond motifs is 2. The predicted octanol–water partition coefficient (Wildman–Crippen LogP) is 4.96. The SMILES string of the molecule is Cc1cc2c(C3(CC(=O)O)CC3)c3oc(C)cc3c(Cl)c2o1. The Balaban J connectivity index is 2.13. The van der Waals surface area contributed by atoms with E-state index in [1.54, 1.807) is 0 Å². The van der Waals surface area contributed by atoms with Gasteiger partial charge in [-0.05, 0) is 38.8 Å². The van der Waals surface area contributed by atoms with Crippen LogP contribution in [0.25, 0.3) is 21.9 Å². The number of benzene rings is 1. The highest BCUT2D eigenvalue weighted by atomic mass is 35.5. The number of aliphatic carboxylic acids is 1. The molecule has 4 rings (SSSR count). The number of aryl methyl sites for hydroxylation is 2. The molecular formula is C17H15ClO4. The minimum Gasteiger partial charge on any atom is -0.481 e. The Hall–Kier alpha value is -1.94. The fourth-order valence-electron chi connectivity index (χ4n) is 3.45. The Bertz CT molecular complexity index is 870. The molecule has 22 heavy (non-hydrogen) atoms. The summed E-state index contributed by atoms with van der Waals surface area (Å²) in [7, 11) is 0. The molecule has 1 saturated carbocycles. The van der Waals surface area contributed by atoms with Crippen molar-refractivity contribution in [1.29, 1.82) is 0 Å². The Kier molecular flexibility index (Phi) is 2.67. The van der Waals surface area contributed by atoms with Crippen LogP contribution in [0.3, 0.4) is 0 Å². The quantitative estimate of drug-likeness (QED) is 0.741. The first-order valence-corrected chi connectivity index (χ1v) is 7.63. The van der Waals surface area contributed by atoms with E-state index in [0.29, 0.717) is 16.2 Å². The van der Waals surface area contributed by atoms with Crippen LogP contribution in [0, 0.1) is 13.8 Å². The van der Waals surface area contributed by atoms with Gasteiger partial charge in [0.05, 0.1) is 11.4 Å². The summed E-state index contributed by atoms with van der Waals surface area (Å²) < 4.78 is 11.6. The fourth-order valence-corrected chi connectivity index (χ4v) is 3.73. The smallest absolute Gasteiger partial charge is 0.304 e. The lowest BCUT2D eigenvalue weighted by Gasteiger charge is -2.15. The van der Waals surface area contributed by atoms with Gasteiger partial charge in [0, 0.05) is 21.8 Å². The topological polar surface area (TPSA) is 63.6 Å². The van der Waals surface area contributed by atoms with Crippen molar-refractivity contribution in [3.05, 3.63) is 34.2 Å². The van der Waals surface area contributed by atoms with Crippen molar-refractivity contribution < 1.29 is 18.7 Å². The monoisotopic (exact) mass is 318 g/mol. The van der Waals surface area contributed by atoms with Crippen LogP contribution in [-0.4, -0.2) is 11.1 Å². The van der Waals surface area contributed by atoms with Crippen LogP contribution in [-0.2, 0) is 10.2 Å². The first kappa shape index (κ1) is 13.7. The zero-order chi connectivity index (χ0) is 15.6. The summed E-state index contributed by atoms with van der Waals surface area (Å²) in [5, 5.41) is 11.5. The molecule has 0 unspecified atom stereocenters. The fraction of sp³-hybridized carbons (Fsp3) is 0.353. The average Bonchev–Trinajstić information content (AvgIpc) is 2.90. The number of halogens is 1. The van der Waals surface area contributed by atoms with E-state index in [1.165, 1.54) is 0 Å². The van der Waals surface area contributed by atoms with Crippen LogP contribution >= 0.6 is 11.6 Å². The Morgan fingerprint density at radius 3 is 2.36 bits per heavy atom. The summed E-state index contributed by atoms with van der Waals surface area (Å²) in [6, 6.07) is 3.81. The molecular weight excluding hydrogens is 304 g/mol. The van der Waals surface area contributed by atoms with E-state index in [4.69, 9.17) is 20.4 Å². The Morgan fingerprint density at radius 2 is 1.77 bits per heavy atom. The molecule has 1 aromatic carbocycles. The third-order valence-electron chi connectivity index (χ3n) is 4.52. The zero-order valence-electron chi connectivity index (χ0n) is 12.3. The third kappa shape index (κ3) is 1.80. The summed E-state index contributed by atoms with van der Waals surface area (Å²) in [6.45, 7) is 3.73. The van der Waals surface area contributed by atoms with E-state index < -0.39 is 5.97 Å². The lowest BCUT2D eigenvalue weighted by molar-refractivity contribution is -0.137. The van der Waals surface area contributed by atoms with Gasteiger partial charge in [-0.2, -0.15) is 0 Å². The van der Waals surface area contributed by atoms with Gasteiger partial charge in [0.2, 0.25) is 0 Å². The van der Waals surface area contributed by atoms with Crippen molar-refractivity contribution in [2.75, 3.05) is 0 Å². The zero-order valence-corrected chi connectivity index (χ0v) is 13.1. The number of hydrogen-bond donors (Lipinski definition) is 1. The molecule has 3 aromatic rings. The van der Waals surface area contributed by atoms with E-state index in [-0.39, 0.29) is 11.8 Å². The molecule has 0 atom stereocenters. The van der Waals surface area contributed by atoms with Gasteiger partial charge in [-0.1, -0.05) is 11.6 Å². The van der Waals surface area contributed by atoms with Crippen LogP contribution in [0.1, 0.15) is 36.3 Å². The maximum atomic E-state index is 11.3. The van der Waals surface area contributed by atoms with Gasteiger partial charge in [0.25, 0.3) is 0 Å². The highest BCUT2D eigenvalue weighted by molar-refractivity contribution is 6.40. The van der Waals surface area contributed by atoms with Crippen molar-refractivity contribution in [1.82, 2.24) is 0 Å². The van der Waals surface area contributed by atoms with Crippen LogP contribution in [0.2, 0.25) is 5.02 Å². The number of furan rings is 2. The molecule has 0 radical (unpaired) electrons. The van der Waals surface area contributed by atoms with Crippen LogP contribution < -0.4 is 0 Å². The molecule has 4 nitrogen and oxygen atoms in total. The third-order valence-corrected chi connectivity index (χ3v) is 4.89. The summed E-state index contributed by atoms with van der Waals surface area (Å²) in [5.74, 6) is 0.722. The van der Waals surface area contributed by atoms with Crippen LogP contribution in [0.5, 0.6) is 0 Å². The average molecular weight is 319 g/mol. The van der Waals surface area contributed by atoms with E-state index >= 15 is 0 Å². The second-order valence-corrected chi connectivity index (χ2v) is 6.62. The summed E-state index contributed by atoms with van der Waals surface area (Å²) >= 11 is 6.48. The van der Waals surface area contributed by atoms with Gasteiger partial charge in [-0.15, -0.1) is 0 Å². The van der Waals surface area contributed by atoms with Gasteiger partial charge in [-0.25, -0.2) is 0 Å². The molecule has 2 aromatic heterocycles. The van der Waals surface area contributed by atoms with E-state index in [0.717, 1.165) is 40.7 Å². The molecule has 114 valence electrons. The van der Waals surface area contributed by atoms with Gasteiger partial charge in [0.1, 0.15) is 17.1 Å². The molecule has 5 heteroatoms. The second-order valence-electron chi connectivity index (χ2n) is 6.24. The van der Waals surface area contributed by atoms with Gasteiger partial charge in [0.15, 0.2) is 5.58 Å². The summed E-state index contributed by atoms with van der Waals surface area (Å²) in [4.78, 5) is 11.3. The Morgan fingerprint density at radius 1 is 1.18 bits per heavy atom. The van der Waals surface area contributed by atoms with Crippen LogP contribution in [0.15, 0.2) is 21.0 Å². The number of hydrogen-bond acceptors (Lipinski definition) is 3. The molecule has 1 fully saturated rings. The Labute approximate surface area is 131 Å². The summed E-state index contributed by atoms with van der Waals surface area (Å²) in [5.41, 5.74) is 1.90. The largest absolute Gasteiger partial charge is 0.481 e. The molecule has 0 saturated heterocycles. The first-order valence-electron chi connectivity index (χ1n) is 7.25. The van der Waals surface area contributed by atoms with Crippen molar-refractivity contribution in [2.45, 2.75) is 38.5 Å². The maximum Gasteiger partial charge on any atom is 0.304 e. The minimum atomic E-state index is -0.794. The minimum absolute atomic E-state index is 0.100. The van der Waals surface area contributed by atoms with Crippen molar-refractivity contribution in [2.24, 2.45) is 0 Å². The maximum absolute atomic E-state index is 11.3. The molecule has 2 heterocycles.